The smallest absolute Gasteiger partial charge is 0.259 e. The van der Waals surface area contributed by atoms with Crippen molar-refractivity contribution in [1.82, 2.24) is 5.32 Å². The number of carbonyl (C=O) groups is 1. The van der Waals surface area contributed by atoms with Crippen LogP contribution in [0.25, 0.3) is 0 Å². The summed E-state index contributed by atoms with van der Waals surface area (Å²) in [5.74, 6) is 0.276. The van der Waals surface area contributed by atoms with Crippen LogP contribution in [-0.2, 0) is 4.79 Å². The summed E-state index contributed by atoms with van der Waals surface area (Å²) < 4.78 is 5.35. The third kappa shape index (κ3) is 3.38. The first kappa shape index (κ1) is 13.2. The highest BCUT2D eigenvalue weighted by Crippen LogP contribution is 2.28. The van der Waals surface area contributed by atoms with Gasteiger partial charge in [0, 0.05) is 11.8 Å². The van der Waals surface area contributed by atoms with Crippen molar-refractivity contribution in [1.29, 1.82) is 5.26 Å². The van der Waals surface area contributed by atoms with Crippen molar-refractivity contribution in [3.8, 4) is 11.8 Å². The molecule has 0 spiro atoms. The average molecular weight is 259 g/mol. The zero-order chi connectivity index (χ0) is 13.7. The molecular formula is C14H17N3O2. The molecule has 1 fully saturated rings. The van der Waals surface area contributed by atoms with E-state index in [0.29, 0.717) is 24.3 Å². The molecule has 0 saturated heterocycles. The van der Waals surface area contributed by atoms with Gasteiger partial charge in [0.2, 0.25) is 0 Å². The van der Waals surface area contributed by atoms with Crippen LogP contribution in [0.4, 0.5) is 5.69 Å². The Morgan fingerprint density at radius 2 is 2.21 bits per heavy atom. The number of nitriles is 1. The maximum Gasteiger partial charge on any atom is 0.259 e. The molecule has 1 saturated carbocycles. The van der Waals surface area contributed by atoms with Gasteiger partial charge in [0.05, 0.1) is 6.07 Å². The van der Waals surface area contributed by atoms with Crippen molar-refractivity contribution in [3.05, 3.63) is 24.3 Å². The Balaban J connectivity index is 1.87. The van der Waals surface area contributed by atoms with E-state index in [1.807, 2.05) is 0 Å². The number of nitrogens with one attached hydrogen (secondary N) is 1. The van der Waals surface area contributed by atoms with Gasteiger partial charge >= 0.3 is 0 Å². The molecule has 0 unspecified atom stereocenters. The van der Waals surface area contributed by atoms with Crippen LogP contribution in [0.5, 0.6) is 5.75 Å². The minimum Gasteiger partial charge on any atom is -0.484 e. The summed E-state index contributed by atoms with van der Waals surface area (Å²) in [6.07, 6.45) is 3.38. The number of hydrogen-bond acceptors (Lipinski definition) is 4. The number of amides is 1. The van der Waals surface area contributed by atoms with Gasteiger partial charge in [0.1, 0.15) is 11.3 Å². The van der Waals surface area contributed by atoms with Crippen LogP contribution in [0.3, 0.4) is 0 Å². The lowest BCUT2D eigenvalue weighted by Crippen LogP contribution is -2.47. The van der Waals surface area contributed by atoms with Crippen LogP contribution in [-0.4, -0.2) is 18.1 Å². The molecule has 5 heteroatoms. The Labute approximate surface area is 112 Å². The van der Waals surface area contributed by atoms with Gasteiger partial charge in [-0.1, -0.05) is 6.07 Å². The molecule has 5 nitrogen and oxygen atoms in total. The Kier molecular flexibility index (Phi) is 3.91. The third-order valence-electron chi connectivity index (χ3n) is 3.28. The molecule has 19 heavy (non-hydrogen) atoms. The van der Waals surface area contributed by atoms with Gasteiger partial charge < -0.3 is 15.8 Å². The first-order valence-electron chi connectivity index (χ1n) is 6.34. The van der Waals surface area contributed by atoms with Crippen molar-refractivity contribution in [2.45, 2.75) is 31.2 Å². The Morgan fingerprint density at radius 1 is 1.47 bits per heavy atom. The van der Waals surface area contributed by atoms with Crippen molar-refractivity contribution in [3.63, 3.8) is 0 Å². The second-order valence-corrected chi connectivity index (χ2v) is 4.81. The quantitative estimate of drug-likeness (QED) is 0.804. The topological polar surface area (TPSA) is 88.1 Å². The zero-order valence-electron chi connectivity index (χ0n) is 10.7. The largest absolute Gasteiger partial charge is 0.484 e. The monoisotopic (exact) mass is 259 g/mol. The van der Waals surface area contributed by atoms with Crippen LogP contribution in [0, 0.1) is 11.3 Å². The van der Waals surface area contributed by atoms with Crippen molar-refractivity contribution in [2.75, 3.05) is 12.3 Å². The molecule has 1 aliphatic rings. The molecule has 1 aliphatic carbocycles. The number of carbonyl (C=O) groups excluding carboxylic acids is 1. The van der Waals surface area contributed by atoms with Crippen LogP contribution in [0.1, 0.15) is 25.7 Å². The number of nitrogens with zero attached hydrogens (tertiary/aromatic N) is 1. The van der Waals surface area contributed by atoms with E-state index in [2.05, 4.69) is 11.4 Å². The lowest BCUT2D eigenvalue weighted by atomic mass is 10.00. The molecule has 0 aromatic heterocycles. The van der Waals surface area contributed by atoms with Gasteiger partial charge in [-0.25, -0.2) is 0 Å². The third-order valence-corrected chi connectivity index (χ3v) is 3.28. The van der Waals surface area contributed by atoms with E-state index in [9.17, 15) is 4.79 Å². The van der Waals surface area contributed by atoms with Crippen LogP contribution >= 0.6 is 0 Å². The van der Waals surface area contributed by atoms with Crippen molar-refractivity contribution in [2.24, 2.45) is 0 Å². The van der Waals surface area contributed by atoms with E-state index in [0.717, 1.165) is 12.8 Å². The Hall–Kier alpha value is -2.22. The summed E-state index contributed by atoms with van der Waals surface area (Å²) in [5, 5.41) is 11.9. The summed E-state index contributed by atoms with van der Waals surface area (Å²) >= 11 is 0. The molecule has 2 rings (SSSR count). The molecular weight excluding hydrogens is 242 g/mol. The summed E-state index contributed by atoms with van der Waals surface area (Å²) in [5.41, 5.74) is 5.50. The number of nitrogens with two attached hydrogens (primary N) is 1. The highest BCUT2D eigenvalue weighted by atomic mass is 16.5. The van der Waals surface area contributed by atoms with Gasteiger partial charge in [-0.3, -0.25) is 4.79 Å². The Morgan fingerprint density at radius 3 is 2.84 bits per heavy atom. The predicted molar refractivity (Wildman–Crippen MR) is 71.3 cm³/mol. The van der Waals surface area contributed by atoms with Gasteiger partial charge in [-0.2, -0.15) is 5.26 Å². The number of benzene rings is 1. The second kappa shape index (κ2) is 5.61. The molecule has 1 aromatic rings. The van der Waals surface area contributed by atoms with E-state index < -0.39 is 5.54 Å². The normalized spacial score (nSPS) is 16.6. The summed E-state index contributed by atoms with van der Waals surface area (Å²) in [4.78, 5) is 11.8. The van der Waals surface area contributed by atoms with E-state index >= 15 is 0 Å². The lowest BCUT2D eigenvalue weighted by Gasteiger charge is -2.21. The van der Waals surface area contributed by atoms with Gasteiger partial charge in [-0.15, -0.1) is 0 Å². The van der Waals surface area contributed by atoms with Gasteiger partial charge in [0.15, 0.2) is 6.61 Å². The number of ether oxygens (including phenoxy) is 1. The predicted octanol–water partition coefficient (Wildman–Crippen LogP) is 1.60. The second-order valence-electron chi connectivity index (χ2n) is 4.81. The fourth-order valence-corrected chi connectivity index (χ4v) is 2.30. The summed E-state index contributed by atoms with van der Waals surface area (Å²) in [7, 11) is 0. The SMILES string of the molecule is N#CC1(NC(=O)COc2cccc(N)c2)CCCC1. The highest BCUT2D eigenvalue weighted by Gasteiger charge is 2.35. The highest BCUT2D eigenvalue weighted by molar-refractivity contribution is 5.79. The number of rotatable bonds is 4. The van der Waals surface area contributed by atoms with E-state index in [-0.39, 0.29) is 12.5 Å². The fraction of sp³-hybridized carbons (Fsp3) is 0.429. The maximum atomic E-state index is 11.8. The molecule has 0 heterocycles. The minimum atomic E-state index is -0.698. The standard InChI is InChI=1S/C14H17N3O2/c15-10-14(6-1-2-7-14)17-13(18)9-19-12-5-3-4-11(16)8-12/h3-5,8H,1-2,6-7,9,16H2,(H,17,18). The molecule has 3 N–H and O–H groups in total. The molecule has 0 atom stereocenters. The van der Waals surface area contributed by atoms with Gasteiger partial charge in [0.25, 0.3) is 5.91 Å². The molecule has 100 valence electrons. The van der Waals surface area contributed by atoms with E-state index in [1.165, 1.54) is 0 Å². The molecule has 1 aromatic carbocycles. The molecule has 0 aliphatic heterocycles. The Bertz CT molecular complexity index is 502. The van der Waals surface area contributed by atoms with Gasteiger partial charge in [-0.05, 0) is 37.8 Å². The number of nitrogen functional groups attached to an aromatic ring is 1. The van der Waals surface area contributed by atoms with Crippen molar-refractivity contribution >= 4 is 11.6 Å². The lowest BCUT2D eigenvalue weighted by molar-refractivity contribution is -0.124. The average Bonchev–Trinajstić information content (AvgIpc) is 2.86. The molecule has 1 amide bonds. The maximum absolute atomic E-state index is 11.8. The van der Waals surface area contributed by atoms with E-state index in [1.54, 1.807) is 24.3 Å². The zero-order valence-corrected chi connectivity index (χ0v) is 10.7. The molecule has 0 bridgehead atoms. The summed E-state index contributed by atoms with van der Waals surface area (Å²) in [6.45, 7) is -0.104. The van der Waals surface area contributed by atoms with Crippen molar-refractivity contribution < 1.29 is 9.53 Å². The van der Waals surface area contributed by atoms with Crippen LogP contribution in [0.15, 0.2) is 24.3 Å². The van der Waals surface area contributed by atoms with Crippen LogP contribution in [0.2, 0.25) is 0 Å². The fourth-order valence-electron chi connectivity index (χ4n) is 2.30. The number of hydrogen-bond donors (Lipinski definition) is 2. The van der Waals surface area contributed by atoms with Crippen LogP contribution < -0.4 is 15.8 Å². The molecule has 0 radical (unpaired) electrons. The first-order valence-corrected chi connectivity index (χ1v) is 6.34. The minimum absolute atomic E-state index is 0.104. The first-order chi connectivity index (χ1) is 9.13. The van der Waals surface area contributed by atoms with E-state index in [4.69, 9.17) is 15.7 Å². The summed E-state index contributed by atoms with van der Waals surface area (Å²) in [6, 6.07) is 9.11. The number of anilines is 1.